The molecule has 0 aromatic heterocycles. The van der Waals surface area contributed by atoms with Gasteiger partial charge in [-0.3, -0.25) is 9.59 Å². The second-order valence-corrected chi connectivity index (χ2v) is 5.72. The average molecular weight is 284 g/mol. The number of aliphatic hydroxyl groups excluding tert-OH is 1. The van der Waals surface area contributed by atoms with Crippen molar-refractivity contribution >= 4 is 11.8 Å². The Hall–Kier alpha value is -1.36. The zero-order valence-electron chi connectivity index (χ0n) is 13.2. The topological polar surface area (TPSA) is 83.6 Å². The fourth-order valence-electron chi connectivity index (χ4n) is 2.04. The maximum absolute atomic E-state index is 12.0. The van der Waals surface area contributed by atoms with Crippen LogP contribution in [0.5, 0.6) is 0 Å². The number of carbonyl (C=O) groups excluding carboxylic acids is 2. The Labute approximate surface area is 121 Å². The predicted octanol–water partition coefficient (Wildman–Crippen LogP) is 1.31. The normalized spacial score (nSPS) is 16.1. The largest absolute Gasteiger partial charge is 0.390 e. The van der Waals surface area contributed by atoms with E-state index in [1.165, 1.54) is 11.9 Å². The number of nitrogens with two attached hydrogens (primary N) is 1. The molecule has 3 atom stereocenters. The molecule has 5 nitrogen and oxygen atoms in total. The van der Waals surface area contributed by atoms with Gasteiger partial charge in [-0.25, -0.2) is 0 Å². The van der Waals surface area contributed by atoms with Crippen molar-refractivity contribution in [3.8, 4) is 0 Å². The lowest BCUT2D eigenvalue weighted by Crippen LogP contribution is -2.54. The van der Waals surface area contributed by atoms with Gasteiger partial charge in [-0.15, -0.1) is 0 Å². The van der Waals surface area contributed by atoms with Crippen LogP contribution < -0.4 is 5.73 Å². The van der Waals surface area contributed by atoms with Crippen LogP contribution in [0.25, 0.3) is 0 Å². The molecule has 0 saturated heterocycles. The summed E-state index contributed by atoms with van der Waals surface area (Å²) in [6.07, 6.45) is 3.80. The lowest BCUT2D eigenvalue weighted by Gasteiger charge is -2.32. The smallest absolute Gasteiger partial charge is 0.242 e. The Bertz CT molecular complexity index is 353. The van der Waals surface area contributed by atoms with Gasteiger partial charge in [-0.05, 0) is 25.2 Å². The molecule has 0 aliphatic heterocycles. The molecule has 2 amide bonds. The minimum Gasteiger partial charge on any atom is -0.390 e. The lowest BCUT2D eigenvalue weighted by atomic mass is 9.93. The van der Waals surface area contributed by atoms with Crippen molar-refractivity contribution in [2.45, 2.75) is 52.7 Å². The number of nitrogens with zero attached hydrogens (tertiary/aromatic N) is 1. The Morgan fingerprint density at radius 1 is 1.30 bits per heavy atom. The Balaban J connectivity index is 4.94. The minimum absolute atomic E-state index is 0.155. The van der Waals surface area contributed by atoms with Crippen LogP contribution in [0.1, 0.15) is 40.5 Å². The van der Waals surface area contributed by atoms with Crippen molar-refractivity contribution in [2.24, 2.45) is 17.6 Å². The van der Waals surface area contributed by atoms with E-state index in [9.17, 15) is 14.7 Å². The molecule has 0 heterocycles. The van der Waals surface area contributed by atoms with E-state index in [0.29, 0.717) is 12.8 Å². The second-order valence-electron chi connectivity index (χ2n) is 5.72. The van der Waals surface area contributed by atoms with Crippen LogP contribution in [0, 0.1) is 11.8 Å². The van der Waals surface area contributed by atoms with Gasteiger partial charge in [-0.2, -0.15) is 0 Å². The summed E-state index contributed by atoms with van der Waals surface area (Å²) in [5.41, 5.74) is 5.36. The van der Waals surface area contributed by atoms with Gasteiger partial charge in [0.05, 0.1) is 6.10 Å². The van der Waals surface area contributed by atoms with Gasteiger partial charge in [0, 0.05) is 13.5 Å². The molecular formula is C15H28N2O3. The fourth-order valence-corrected chi connectivity index (χ4v) is 2.04. The first-order valence-electron chi connectivity index (χ1n) is 7.06. The van der Waals surface area contributed by atoms with Crippen LogP contribution in [0.15, 0.2) is 12.2 Å². The Morgan fingerprint density at radius 2 is 1.85 bits per heavy atom. The number of primary amides is 1. The predicted molar refractivity (Wildman–Crippen MR) is 79.8 cm³/mol. The number of amides is 2. The van der Waals surface area contributed by atoms with Gasteiger partial charge in [0.1, 0.15) is 6.04 Å². The first-order chi connectivity index (χ1) is 9.22. The van der Waals surface area contributed by atoms with E-state index >= 15 is 0 Å². The molecule has 0 fully saturated rings. The van der Waals surface area contributed by atoms with Crippen molar-refractivity contribution in [3.63, 3.8) is 0 Å². The standard InChI is InChI=1S/C15H28N2O3/c1-6-7-8-11(4)14(19)13(15(16)20)17(5)12(18)9-10(2)3/h6-7,10-11,13-14,19H,8-9H2,1-5H3,(H2,16,20)/b7-6+/t11-,13?,14+/m1/s1. The van der Waals surface area contributed by atoms with Crippen LogP contribution in [0.4, 0.5) is 0 Å². The van der Waals surface area contributed by atoms with Crippen molar-refractivity contribution in [3.05, 3.63) is 12.2 Å². The molecule has 0 radical (unpaired) electrons. The van der Waals surface area contributed by atoms with Crippen LogP contribution in [-0.4, -0.2) is 41.0 Å². The highest BCUT2D eigenvalue weighted by Crippen LogP contribution is 2.17. The summed E-state index contributed by atoms with van der Waals surface area (Å²) in [5, 5.41) is 10.3. The number of aliphatic hydroxyl groups is 1. The number of carbonyl (C=O) groups is 2. The van der Waals surface area contributed by atoms with E-state index in [4.69, 9.17) is 5.73 Å². The molecule has 0 aromatic rings. The van der Waals surface area contributed by atoms with E-state index < -0.39 is 18.1 Å². The summed E-state index contributed by atoms with van der Waals surface area (Å²) in [4.78, 5) is 24.9. The molecule has 5 heteroatoms. The molecular weight excluding hydrogens is 256 g/mol. The Kier molecular flexibility index (Phi) is 8.15. The number of likely N-dealkylation sites (N-methyl/N-ethyl adjacent to an activating group) is 1. The van der Waals surface area contributed by atoms with Crippen LogP contribution in [0.2, 0.25) is 0 Å². The van der Waals surface area contributed by atoms with Gasteiger partial charge in [0.25, 0.3) is 0 Å². The molecule has 0 spiro atoms. The summed E-state index contributed by atoms with van der Waals surface area (Å²) in [6, 6.07) is -0.985. The molecule has 0 aliphatic carbocycles. The maximum atomic E-state index is 12.0. The van der Waals surface area contributed by atoms with Gasteiger partial charge >= 0.3 is 0 Å². The van der Waals surface area contributed by atoms with Gasteiger partial charge in [0.15, 0.2) is 0 Å². The van der Waals surface area contributed by atoms with E-state index in [1.54, 1.807) is 0 Å². The van der Waals surface area contributed by atoms with E-state index in [1.807, 2.05) is 39.8 Å². The molecule has 0 aliphatic rings. The molecule has 0 bridgehead atoms. The van der Waals surface area contributed by atoms with E-state index in [2.05, 4.69) is 0 Å². The van der Waals surface area contributed by atoms with Crippen LogP contribution in [-0.2, 0) is 9.59 Å². The maximum Gasteiger partial charge on any atom is 0.242 e. The van der Waals surface area contributed by atoms with Crippen LogP contribution in [0.3, 0.4) is 0 Å². The third kappa shape index (κ3) is 5.74. The molecule has 1 unspecified atom stereocenters. The SMILES string of the molecule is C/C=C/C[C@@H](C)[C@H](O)C(C(N)=O)N(C)C(=O)CC(C)C. The molecule has 0 saturated carbocycles. The third-order valence-corrected chi connectivity index (χ3v) is 3.34. The first kappa shape index (κ1) is 18.6. The minimum atomic E-state index is -0.985. The zero-order valence-corrected chi connectivity index (χ0v) is 13.2. The summed E-state index contributed by atoms with van der Waals surface area (Å²) in [6.45, 7) is 7.58. The van der Waals surface area contributed by atoms with Crippen molar-refractivity contribution in [1.82, 2.24) is 4.90 Å². The quantitative estimate of drug-likeness (QED) is 0.659. The summed E-state index contributed by atoms with van der Waals surface area (Å²) < 4.78 is 0. The molecule has 0 aromatic carbocycles. The Morgan fingerprint density at radius 3 is 2.25 bits per heavy atom. The summed E-state index contributed by atoms with van der Waals surface area (Å²) in [7, 11) is 1.52. The second kappa shape index (κ2) is 8.74. The van der Waals surface area contributed by atoms with Gasteiger partial charge < -0.3 is 15.7 Å². The number of rotatable bonds is 8. The number of hydrogen-bond acceptors (Lipinski definition) is 3. The summed E-state index contributed by atoms with van der Waals surface area (Å²) >= 11 is 0. The zero-order chi connectivity index (χ0) is 15.9. The number of allylic oxidation sites excluding steroid dienone is 2. The third-order valence-electron chi connectivity index (χ3n) is 3.34. The highest BCUT2D eigenvalue weighted by molar-refractivity contribution is 5.87. The molecule has 116 valence electrons. The highest BCUT2D eigenvalue weighted by Gasteiger charge is 2.34. The van der Waals surface area contributed by atoms with Crippen molar-refractivity contribution in [1.29, 1.82) is 0 Å². The molecule has 3 N–H and O–H groups in total. The first-order valence-corrected chi connectivity index (χ1v) is 7.06. The van der Waals surface area contributed by atoms with Crippen molar-refractivity contribution in [2.75, 3.05) is 7.05 Å². The van der Waals surface area contributed by atoms with E-state index in [0.717, 1.165) is 0 Å². The lowest BCUT2D eigenvalue weighted by molar-refractivity contribution is -0.143. The highest BCUT2D eigenvalue weighted by atomic mass is 16.3. The summed E-state index contributed by atoms with van der Waals surface area (Å²) in [5.74, 6) is -0.820. The van der Waals surface area contributed by atoms with Gasteiger partial charge in [0.2, 0.25) is 11.8 Å². The average Bonchev–Trinajstić information content (AvgIpc) is 2.34. The molecule has 20 heavy (non-hydrogen) atoms. The van der Waals surface area contributed by atoms with Gasteiger partial charge in [-0.1, -0.05) is 32.9 Å². The fraction of sp³-hybridized carbons (Fsp3) is 0.733. The van der Waals surface area contributed by atoms with Crippen molar-refractivity contribution < 1.29 is 14.7 Å². The van der Waals surface area contributed by atoms with E-state index in [-0.39, 0.29) is 17.7 Å². The molecule has 0 rings (SSSR count). The van der Waals surface area contributed by atoms with Crippen LogP contribution >= 0.6 is 0 Å². The monoisotopic (exact) mass is 284 g/mol. The number of hydrogen-bond donors (Lipinski definition) is 2.